The van der Waals surface area contributed by atoms with Gasteiger partial charge in [0, 0.05) is 5.92 Å². The van der Waals surface area contributed by atoms with E-state index in [2.05, 4.69) is 9.97 Å². The standard InChI is InChI=1S/C9H9N3O/c13-7-3-10-8-4-11-9(6-1-2-6)12(8)5-7/h3-6,13H,1-2H2. The maximum Gasteiger partial charge on any atom is 0.156 e. The second-order valence-electron chi connectivity index (χ2n) is 3.43. The van der Waals surface area contributed by atoms with Gasteiger partial charge in [-0.2, -0.15) is 0 Å². The van der Waals surface area contributed by atoms with Crippen molar-refractivity contribution in [3.63, 3.8) is 0 Å². The molecule has 2 aromatic rings. The van der Waals surface area contributed by atoms with Gasteiger partial charge in [-0.25, -0.2) is 9.97 Å². The molecular weight excluding hydrogens is 166 g/mol. The molecular formula is C9H9N3O. The third-order valence-corrected chi connectivity index (χ3v) is 2.34. The molecule has 3 rings (SSSR count). The van der Waals surface area contributed by atoms with Crippen molar-refractivity contribution in [2.24, 2.45) is 0 Å². The minimum Gasteiger partial charge on any atom is -0.505 e. The Labute approximate surface area is 74.9 Å². The van der Waals surface area contributed by atoms with Crippen LogP contribution >= 0.6 is 0 Å². The van der Waals surface area contributed by atoms with Crippen LogP contribution in [0.2, 0.25) is 0 Å². The highest BCUT2D eigenvalue weighted by Gasteiger charge is 2.27. The fourth-order valence-electron chi connectivity index (χ4n) is 1.53. The summed E-state index contributed by atoms with van der Waals surface area (Å²) < 4.78 is 1.87. The first kappa shape index (κ1) is 6.88. The summed E-state index contributed by atoms with van der Waals surface area (Å²) >= 11 is 0. The summed E-state index contributed by atoms with van der Waals surface area (Å²) in [4.78, 5) is 8.35. The van der Waals surface area contributed by atoms with Crippen molar-refractivity contribution in [1.29, 1.82) is 0 Å². The van der Waals surface area contributed by atoms with Gasteiger partial charge in [0.2, 0.25) is 0 Å². The molecule has 0 unspecified atom stereocenters. The second kappa shape index (κ2) is 2.22. The van der Waals surface area contributed by atoms with E-state index >= 15 is 0 Å². The van der Waals surface area contributed by atoms with Crippen molar-refractivity contribution in [3.8, 4) is 5.75 Å². The molecule has 0 bridgehead atoms. The molecule has 1 aliphatic rings. The Hall–Kier alpha value is -1.58. The summed E-state index contributed by atoms with van der Waals surface area (Å²) in [7, 11) is 0. The molecule has 1 N–H and O–H groups in total. The van der Waals surface area contributed by atoms with Crippen molar-refractivity contribution in [2.45, 2.75) is 18.8 Å². The SMILES string of the molecule is Oc1cnc2cnc(C3CC3)n2c1. The quantitative estimate of drug-likeness (QED) is 0.711. The molecule has 0 radical (unpaired) electrons. The van der Waals surface area contributed by atoms with Gasteiger partial charge in [-0.15, -0.1) is 0 Å². The number of hydrogen-bond acceptors (Lipinski definition) is 3. The lowest BCUT2D eigenvalue weighted by Gasteiger charge is -1.98. The Bertz CT molecular complexity index is 459. The molecule has 0 atom stereocenters. The Kier molecular flexibility index (Phi) is 1.17. The molecule has 2 aromatic heterocycles. The number of imidazole rings is 1. The van der Waals surface area contributed by atoms with E-state index in [1.165, 1.54) is 19.0 Å². The van der Waals surface area contributed by atoms with Crippen molar-refractivity contribution < 1.29 is 5.11 Å². The van der Waals surface area contributed by atoms with Crippen LogP contribution in [0.4, 0.5) is 0 Å². The van der Waals surface area contributed by atoms with Crippen molar-refractivity contribution in [1.82, 2.24) is 14.4 Å². The summed E-state index contributed by atoms with van der Waals surface area (Å²) in [6, 6.07) is 0. The smallest absolute Gasteiger partial charge is 0.156 e. The monoisotopic (exact) mass is 175 g/mol. The summed E-state index contributed by atoms with van der Waals surface area (Å²) in [5, 5.41) is 9.26. The molecule has 13 heavy (non-hydrogen) atoms. The topological polar surface area (TPSA) is 50.4 Å². The summed E-state index contributed by atoms with van der Waals surface area (Å²) in [5.41, 5.74) is 0.805. The van der Waals surface area contributed by atoms with Gasteiger partial charge in [0.15, 0.2) is 11.4 Å². The Morgan fingerprint density at radius 3 is 2.92 bits per heavy atom. The van der Waals surface area contributed by atoms with Crippen molar-refractivity contribution in [3.05, 3.63) is 24.4 Å². The van der Waals surface area contributed by atoms with Crippen LogP contribution in [0.1, 0.15) is 24.6 Å². The van der Waals surface area contributed by atoms with Gasteiger partial charge in [0.1, 0.15) is 5.82 Å². The molecule has 0 saturated heterocycles. The van der Waals surface area contributed by atoms with Gasteiger partial charge >= 0.3 is 0 Å². The molecule has 0 spiro atoms. The highest BCUT2D eigenvalue weighted by molar-refractivity contribution is 5.40. The van der Waals surface area contributed by atoms with Gasteiger partial charge in [0.25, 0.3) is 0 Å². The van der Waals surface area contributed by atoms with Crippen LogP contribution in [-0.2, 0) is 0 Å². The Morgan fingerprint density at radius 1 is 1.31 bits per heavy atom. The minimum absolute atomic E-state index is 0.187. The van der Waals surface area contributed by atoms with Crippen LogP contribution in [0.3, 0.4) is 0 Å². The van der Waals surface area contributed by atoms with Crippen LogP contribution in [0.25, 0.3) is 5.65 Å². The fourth-order valence-corrected chi connectivity index (χ4v) is 1.53. The third kappa shape index (κ3) is 0.983. The van der Waals surface area contributed by atoms with Crippen LogP contribution < -0.4 is 0 Å². The Balaban J connectivity index is 2.29. The summed E-state index contributed by atoms with van der Waals surface area (Å²) in [5.74, 6) is 1.79. The van der Waals surface area contributed by atoms with E-state index < -0.39 is 0 Å². The Morgan fingerprint density at radius 2 is 2.15 bits per heavy atom. The molecule has 66 valence electrons. The largest absolute Gasteiger partial charge is 0.505 e. The second-order valence-corrected chi connectivity index (χ2v) is 3.43. The van der Waals surface area contributed by atoms with Crippen LogP contribution in [0, 0.1) is 0 Å². The van der Waals surface area contributed by atoms with Gasteiger partial charge in [0.05, 0.1) is 18.6 Å². The number of hydrogen-bond donors (Lipinski definition) is 1. The molecule has 4 heteroatoms. The lowest BCUT2D eigenvalue weighted by Crippen LogP contribution is -1.92. The summed E-state index contributed by atoms with van der Waals surface area (Å²) in [6.45, 7) is 0. The maximum absolute atomic E-state index is 9.26. The number of rotatable bonds is 1. The highest BCUT2D eigenvalue weighted by atomic mass is 16.3. The van der Waals surface area contributed by atoms with E-state index in [0.717, 1.165) is 11.5 Å². The molecule has 1 aliphatic carbocycles. The van der Waals surface area contributed by atoms with Gasteiger partial charge < -0.3 is 5.11 Å². The first-order valence-electron chi connectivity index (χ1n) is 4.36. The molecule has 2 heterocycles. The first-order chi connectivity index (χ1) is 6.34. The van der Waals surface area contributed by atoms with Gasteiger partial charge in [-0.3, -0.25) is 4.40 Å². The first-order valence-corrected chi connectivity index (χ1v) is 4.36. The predicted octanol–water partition coefficient (Wildman–Crippen LogP) is 1.31. The molecule has 1 fully saturated rings. The lowest BCUT2D eigenvalue weighted by atomic mass is 10.4. The molecule has 0 amide bonds. The van der Waals surface area contributed by atoms with E-state index in [9.17, 15) is 5.11 Å². The molecule has 0 aliphatic heterocycles. The van der Waals surface area contributed by atoms with Crippen LogP contribution in [0.15, 0.2) is 18.6 Å². The lowest BCUT2D eigenvalue weighted by molar-refractivity contribution is 0.468. The number of nitrogens with zero attached hydrogens (tertiary/aromatic N) is 3. The van der Waals surface area contributed by atoms with E-state index in [1.54, 1.807) is 12.4 Å². The van der Waals surface area contributed by atoms with E-state index in [4.69, 9.17) is 0 Å². The van der Waals surface area contributed by atoms with Crippen molar-refractivity contribution in [2.75, 3.05) is 0 Å². The normalized spacial score (nSPS) is 16.6. The molecule has 0 aromatic carbocycles. The number of aromatic nitrogens is 3. The zero-order valence-corrected chi connectivity index (χ0v) is 7.01. The molecule has 1 saturated carbocycles. The van der Waals surface area contributed by atoms with Gasteiger partial charge in [-0.05, 0) is 12.8 Å². The van der Waals surface area contributed by atoms with Crippen LogP contribution in [-0.4, -0.2) is 19.5 Å². The third-order valence-electron chi connectivity index (χ3n) is 2.34. The summed E-state index contributed by atoms with van der Waals surface area (Å²) in [6.07, 6.45) is 7.26. The molecule has 4 nitrogen and oxygen atoms in total. The highest BCUT2D eigenvalue weighted by Crippen LogP contribution is 2.39. The fraction of sp³-hybridized carbons (Fsp3) is 0.333. The zero-order chi connectivity index (χ0) is 8.84. The van der Waals surface area contributed by atoms with Crippen molar-refractivity contribution >= 4 is 5.65 Å². The minimum atomic E-state index is 0.187. The zero-order valence-electron chi connectivity index (χ0n) is 7.01. The number of aromatic hydroxyl groups is 1. The van der Waals surface area contributed by atoms with Crippen LogP contribution in [0.5, 0.6) is 5.75 Å². The van der Waals surface area contributed by atoms with E-state index in [0.29, 0.717) is 5.92 Å². The average Bonchev–Trinajstić information content (AvgIpc) is 2.87. The maximum atomic E-state index is 9.26. The van der Waals surface area contributed by atoms with E-state index in [-0.39, 0.29) is 5.75 Å². The predicted molar refractivity (Wildman–Crippen MR) is 46.6 cm³/mol. The van der Waals surface area contributed by atoms with E-state index in [1.807, 2.05) is 4.40 Å². The van der Waals surface area contributed by atoms with Gasteiger partial charge in [-0.1, -0.05) is 0 Å². The number of fused-ring (bicyclic) bond motifs is 1. The average molecular weight is 175 g/mol.